The van der Waals surface area contributed by atoms with Gasteiger partial charge in [-0.1, -0.05) is 18.2 Å². The van der Waals surface area contributed by atoms with Crippen LogP contribution in [0.1, 0.15) is 26.3 Å². The maximum absolute atomic E-state index is 13.3. The van der Waals surface area contributed by atoms with Gasteiger partial charge in [-0.15, -0.1) is 0 Å². The SMILES string of the molecule is CC(C)(C)Nc1nc(Nc2ccccc2C(F)(F)F)cc(-c2ccccn2)n1. The molecule has 8 heteroatoms. The van der Waals surface area contributed by atoms with Gasteiger partial charge in [-0.25, -0.2) is 4.98 Å². The van der Waals surface area contributed by atoms with Crippen molar-refractivity contribution in [2.75, 3.05) is 10.6 Å². The number of para-hydroxylation sites is 1. The lowest BCUT2D eigenvalue weighted by Gasteiger charge is -2.21. The molecular weight excluding hydrogens is 367 g/mol. The average molecular weight is 387 g/mol. The zero-order valence-corrected chi connectivity index (χ0v) is 15.7. The van der Waals surface area contributed by atoms with E-state index in [-0.39, 0.29) is 17.0 Å². The molecule has 146 valence electrons. The van der Waals surface area contributed by atoms with Gasteiger partial charge in [0.25, 0.3) is 0 Å². The first-order valence-electron chi connectivity index (χ1n) is 8.64. The van der Waals surface area contributed by atoms with Crippen LogP contribution in [0.25, 0.3) is 11.4 Å². The van der Waals surface area contributed by atoms with Gasteiger partial charge in [-0.05, 0) is 45.0 Å². The minimum atomic E-state index is -4.48. The Morgan fingerprint density at radius 2 is 1.57 bits per heavy atom. The van der Waals surface area contributed by atoms with Gasteiger partial charge in [-0.2, -0.15) is 18.2 Å². The smallest absolute Gasteiger partial charge is 0.350 e. The Morgan fingerprint density at radius 3 is 2.21 bits per heavy atom. The second kappa shape index (κ2) is 7.46. The van der Waals surface area contributed by atoms with Gasteiger partial charge in [0.1, 0.15) is 5.82 Å². The zero-order chi connectivity index (χ0) is 20.4. The predicted octanol–water partition coefficient (Wildman–Crippen LogP) is 5.51. The topological polar surface area (TPSA) is 62.7 Å². The molecule has 0 aliphatic rings. The number of pyridine rings is 1. The molecule has 28 heavy (non-hydrogen) atoms. The van der Waals surface area contributed by atoms with E-state index < -0.39 is 11.7 Å². The summed E-state index contributed by atoms with van der Waals surface area (Å²) in [5.74, 6) is 0.529. The fourth-order valence-corrected chi connectivity index (χ4v) is 2.53. The third-order valence-electron chi connectivity index (χ3n) is 3.64. The third-order valence-corrected chi connectivity index (χ3v) is 3.64. The molecule has 0 atom stereocenters. The van der Waals surface area contributed by atoms with Crippen LogP contribution < -0.4 is 10.6 Å². The predicted molar refractivity (Wildman–Crippen MR) is 103 cm³/mol. The molecule has 0 saturated heterocycles. The van der Waals surface area contributed by atoms with Gasteiger partial charge in [0.2, 0.25) is 5.95 Å². The zero-order valence-electron chi connectivity index (χ0n) is 15.7. The van der Waals surface area contributed by atoms with Gasteiger partial charge in [0.15, 0.2) is 0 Å². The van der Waals surface area contributed by atoms with Crippen molar-refractivity contribution in [1.82, 2.24) is 15.0 Å². The van der Waals surface area contributed by atoms with Crippen LogP contribution in [-0.2, 0) is 6.18 Å². The molecule has 0 unspecified atom stereocenters. The van der Waals surface area contributed by atoms with Gasteiger partial charge < -0.3 is 10.6 Å². The van der Waals surface area contributed by atoms with Crippen LogP contribution in [0.15, 0.2) is 54.7 Å². The second-order valence-electron chi connectivity index (χ2n) is 7.22. The molecule has 5 nitrogen and oxygen atoms in total. The largest absolute Gasteiger partial charge is 0.418 e. The maximum atomic E-state index is 13.3. The molecule has 3 aromatic rings. The number of alkyl halides is 3. The molecular formula is C20H20F3N5. The Kier molecular flexibility index (Phi) is 5.22. The van der Waals surface area contributed by atoms with Crippen LogP contribution in [0.3, 0.4) is 0 Å². The van der Waals surface area contributed by atoms with E-state index in [1.54, 1.807) is 24.4 Å². The van der Waals surface area contributed by atoms with Crippen molar-refractivity contribution < 1.29 is 13.2 Å². The molecule has 0 radical (unpaired) electrons. The fraction of sp³-hybridized carbons (Fsp3) is 0.250. The molecule has 0 aliphatic heterocycles. The minimum absolute atomic E-state index is 0.0811. The number of aromatic nitrogens is 3. The first-order chi connectivity index (χ1) is 13.1. The Balaban J connectivity index is 2.05. The summed E-state index contributed by atoms with van der Waals surface area (Å²) in [5.41, 5.74) is -0.0896. The summed E-state index contributed by atoms with van der Waals surface area (Å²) in [6, 6.07) is 12.2. The van der Waals surface area contributed by atoms with Crippen molar-refractivity contribution in [2.24, 2.45) is 0 Å². The monoisotopic (exact) mass is 387 g/mol. The lowest BCUT2D eigenvalue weighted by atomic mass is 10.1. The summed E-state index contributed by atoms with van der Waals surface area (Å²) in [5, 5.41) is 5.93. The average Bonchev–Trinajstić information content (AvgIpc) is 2.60. The summed E-state index contributed by atoms with van der Waals surface area (Å²) >= 11 is 0. The molecule has 0 saturated carbocycles. The van der Waals surface area contributed by atoms with E-state index in [0.717, 1.165) is 6.07 Å². The van der Waals surface area contributed by atoms with Crippen LogP contribution in [0.4, 0.5) is 30.6 Å². The number of nitrogens with one attached hydrogen (secondary N) is 2. The van der Waals surface area contributed by atoms with E-state index in [1.165, 1.54) is 18.2 Å². The van der Waals surface area contributed by atoms with Crippen LogP contribution in [0.5, 0.6) is 0 Å². The number of hydrogen-bond acceptors (Lipinski definition) is 5. The second-order valence-corrected chi connectivity index (χ2v) is 7.22. The Morgan fingerprint density at radius 1 is 0.857 bits per heavy atom. The van der Waals surface area contributed by atoms with Crippen molar-refractivity contribution in [3.8, 4) is 11.4 Å². The molecule has 2 heterocycles. The first kappa shape index (κ1) is 19.6. The summed E-state index contributed by atoms with van der Waals surface area (Å²) in [6.45, 7) is 5.82. The van der Waals surface area contributed by atoms with Crippen molar-refractivity contribution in [1.29, 1.82) is 0 Å². The van der Waals surface area contributed by atoms with Crippen molar-refractivity contribution >= 4 is 17.5 Å². The van der Waals surface area contributed by atoms with Gasteiger partial charge >= 0.3 is 6.18 Å². The highest BCUT2D eigenvalue weighted by molar-refractivity contribution is 5.67. The fourth-order valence-electron chi connectivity index (χ4n) is 2.53. The molecule has 1 aromatic carbocycles. The molecule has 3 rings (SSSR count). The molecule has 2 N–H and O–H groups in total. The number of rotatable bonds is 4. The number of benzene rings is 1. The molecule has 2 aromatic heterocycles. The summed E-state index contributed by atoms with van der Waals surface area (Å²) < 4.78 is 39.9. The van der Waals surface area contributed by atoms with E-state index in [4.69, 9.17) is 0 Å². The summed E-state index contributed by atoms with van der Waals surface area (Å²) in [7, 11) is 0. The van der Waals surface area contributed by atoms with Gasteiger partial charge in [0, 0.05) is 17.8 Å². The highest BCUT2D eigenvalue weighted by atomic mass is 19.4. The Hall–Kier alpha value is -3.16. The van der Waals surface area contributed by atoms with E-state index in [2.05, 4.69) is 25.6 Å². The van der Waals surface area contributed by atoms with Crippen molar-refractivity contribution in [3.63, 3.8) is 0 Å². The molecule has 0 aliphatic carbocycles. The van der Waals surface area contributed by atoms with Crippen LogP contribution >= 0.6 is 0 Å². The molecule has 0 bridgehead atoms. The standard InChI is InChI=1S/C20H20F3N5/c1-19(2,3)28-18-26-16(15-10-6-7-11-24-15)12-17(27-18)25-14-9-5-4-8-13(14)20(21,22)23/h4-12H,1-3H3,(H2,25,26,27,28). The summed E-state index contributed by atoms with van der Waals surface area (Å²) in [6.07, 6.45) is -2.85. The van der Waals surface area contributed by atoms with Crippen LogP contribution in [0, 0.1) is 0 Å². The normalized spacial score (nSPS) is 11.9. The number of anilines is 3. The lowest BCUT2D eigenvalue weighted by Crippen LogP contribution is -2.27. The van der Waals surface area contributed by atoms with Crippen LogP contribution in [-0.4, -0.2) is 20.5 Å². The number of nitrogens with zero attached hydrogens (tertiary/aromatic N) is 3. The number of halogens is 3. The van der Waals surface area contributed by atoms with Gasteiger partial charge in [-0.3, -0.25) is 4.98 Å². The van der Waals surface area contributed by atoms with Crippen LogP contribution in [0.2, 0.25) is 0 Å². The maximum Gasteiger partial charge on any atom is 0.418 e. The molecule has 0 spiro atoms. The lowest BCUT2D eigenvalue weighted by molar-refractivity contribution is -0.136. The van der Waals surface area contributed by atoms with Crippen molar-refractivity contribution in [2.45, 2.75) is 32.5 Å². The third kappa shape index (κ3) is 4.97. The molecule has 0 amide bonds. The Bertz CT molecular complexity index is 950. The van der Waals surface area contributed by atoms with E-state index in [1.807, 2.05) is 26.8 Å². The highest BCUT2D eigenvalue weighted by Crippen LogP contribution is 2.36. The van der Waals surface area contributed by atoms with E-state index in [9.17, 15) is 13.2 Å². The Labute approximate surface area is 161 Å². The minimum Gasteiger partial charge on any atom is -0.350 e. The van der Waals surface area contributed by atoms with E-state index >= 15 is 0 Å². The summed E-state index contributed by atoms with van der Waals surface area (Å²) in [4.78, 5) is 13.1. The van der Waals surface area contributed by atoms with E-state index in [0.29, 0.717) is 17.3 Å². The quantitative estimate of drug-likeness (QED) is 0.618. The first-order valence-corrected chi connectivity index (χ1v) is 8.64. The molecule has 0 fully saturated rings. The highest BCUT2D eigenvalue weighted by Gasteiger charge is 2.33. The number of hydrogen-bond donors (Lipinski definition) is 2. The van der Waals surface area contributed by atoms with Gasteiger partial charge in [0.05, 0.1) is 22.6 Å². The van der Waals surface area contributed by atoms with Crippen molar-refractivity contribution in [3.05, 3.63) is 60.3 Å².